The third kappa shape index (κ3) is 1.40. The quantitative estimate of drug-likeness (QED) is 0.806. The van der Waals surface area contributed by atoms with E-state index in [0.717, 1.165) is 23.1 Å². The number of hydrogen-bond donors (Lipinski definition) is 1. The van der Waals surface area contributed by atoms with Crippen molar-refractivity contribution in [1.29, 1.82) is 0 Å². The standard InChI is InChI=1S/C11H13NO2/c1-2-8-4-3-5-9-10(6-7-13)12-14-11(8)9/h3-5,13H,2,6-7H2,1H3. The van der Waals surface area contributed by atoms with Crippen molar-refractivity contribution in [3.63, 3.8) is 0 Å². The molecule has 3 heteroatoms. The SMILES string of the molecule is CCc1cccc2c(CCO)noc12. The highest BCUT2D eigenvalue weighted by Gasteiger charge is 2.09. The minimum Gasteiger partial charge on any atom is -0.396 e. The maximum absolute atomic E-state index is 8.84. The predicted octanol–water partition coefficient (Wildman–Crippen LogP) is 1.93. The molecule has 1 aromatic heterocycles. The normalized spacial score (nSPS) is 11.0. The van der Waals surface area contributed by atoms with Crippen LogP contribution in [-0.4, -0.2) is 16.9 Å². The molecule has 0 radical (unpaired) electrons. The zero-order chi connectivity index (χ0) is 9.97. The van der Waals surface area contributed by atoms with Crippen molar-refractivity contribution < 1.29 is 9.63 Å². The third-order valence-electron chi connectivity index (χ3n) is 2.38. The highest BCUT2D eigenvalue weighted by Crippen LogP contribution is 2.22. The maximum atomic E-state index is 8.84. The minimum atomic E-state index is 0.109. The van der Waals surface area contributed by atoms with Gasteiger partial charge in [0.25, 0.3) is 0 Å². The summed E-state index contributed by atoms with van der Waals surface area (Å²) in [7, 11) is 0. The summed E-state index contributed by atoms with van der Waals surface area (Å²) in [5.74, 6) is 0. The van der Waals surface area contributed by atoms with Gasteiger partial charge in [-0.2, -0.15) is 0 Å². The van der Waals surface area contributed by atoms with E-state index in [0.29, 0.717) is 6.42 Å². The Balaban J connectivity index is 2.57. The van der Waals surface area contributed by atoms with Crippen LogP contribution in [0.1, 0.15) is 18.2 Å². The molecule has 14 heavy (non-hydrogen) atoms. The van der Waals surface area contributed by atoms with Gasteiger partial charge in [0.2, 0.25) is 0 Å². The summed E-state index contributed by atoms with van der Waals surface area (Å²) >= 11 is 0. The molecule has 0 amide bonds. The maximum Gasteiger partial charge on any atom is 0.170 e. The van der Waals surface area contributed by atoms with Crippen LogP contribution < -0.4 is 0 Å². The zero-order valence-corrected chi connectivity index (χ0v) is 8.16. The van der Waals surface area contributed by atoms with Crippen LogP contribution in [0.4, 0.5) is 0 Å². The number of hydrogen-bond acceptors (Lipinski definition) is 3. The average Bonchev–Trinajstić information content (AvgIpc) is 2.62. The summed E-state index contributed by atoms with van der Waals surface area (Å²) < 4.78 is 5.26. The number of aryl methyl sites for hydroxylation is 1. The largest absolute Gasteiger partial charge is 0.396 e. The van der Waals surface area contributed by atoms with Gasteiger partial charge in [-0.25, -0.2) is 0 Å². The number of aromatic nitrogens is 1. The van der Waals surface area contributed by atoms with Gasteiger partial charge in [-0.3, -0.25) is 0 Å². The van der Waals surface area contributed by atoms with Crippen LogP contribution in [0.5, 0.6) is 0 Å². The summed E-state index contributed by atoms with van der Waals surface area (Å²) in [6.07, 6.45) is 1.49. The monoisotopic (exact) mass is 191 g/mol. The number of aliphatic hydroxyl groups is 1. The molecule has 0 fully saturated rings. The highest BCUT2D eigenvalue weighted by molar-refractivity contribution is 5.82. The molecule has 0 unspecified atom stereocenters. The fraction of sp³-hybridized carbons (Fsp3) is 0.364. The summed E-state index contributed by atoms with van der Waals surface area (Å²) in [4.78, 5) is 0. The van der Waals surface area contributed by atoms with Gasteiger partial charge in [-0.15, -0.1) is 0 Å². The molecule has 1 aromatic carbocycles. The fourth-order valence-corrected chi connectivity index (χ4v) is 1.63. The van der Waals surface area contributed by atoms with Crippen molar-refractivity contribution in [2.75, 3.05) is 6.61 Å². The van der Waals surface area contributed by atoms with Gasteiger partial charge in [0, 0.05) is 18.4 Å². The molecule has 1 N–H and O–H groups in total. The number of rotatable bonds is 3. The molecule has 0 aliphatic rings. The average molecular weight is 191 g/mol. The van der Waals surface area contributed by atoms with Crippen LogP contribution in [0, 0.1) is 0 Å². The molecule has 2 aromatic rings. The van der Waals surface area contributed by atoms with Gasteiger partial charge in [0.05, 0.1) is 5.69 Å². The first-order valence-electron chi connectivity index (χ1n) is 4.83. The molecular formula is C11H13NO2. The second-order valence-electron chi connectivity index (χ2n) is 3.25. The molecule has 0 bridgehead atoms. The van der Waals surface area contributed by atoms with E-state index in [9.17, 15) is 0 Å². The van der Waals surface area contributed by atoms with Crippen molar-refractivity contribution >= 4 is 11.0 Å². The Morgan fingerprint density at radius 1 is 1.43 bits per heavy atom. The van der Waals surface area contributed by atoms with Gasteiger partial charge >= 0.3 is 0 Å². The first-order valence-corrected chi connectivity index (χ1v) is 4.83. The topological polar surface area (TPSA) is 46.3 Å². The van der Waals surface area contributed by atoms with Crippen molar-refractivity contribution in [2.45, 2.75) is 19.8 Å². The van der Waals surface area contributed by atoms with E-state index in [4.69, 9.17) is 9.63 Å². The number of para-hydroxylation sites is 1. The van der Waals surface area contributed by atoms with Crippen molar-refractivity contribution in [1.82, 2.24) is 5.16 Å². The number of benzene rings is 1. The summed E-state index contributed by atoms with van der Waals surface area (Å²) in [5, 5.41) is 13.8. The molecule has 0 aliphatic heterocycles. The van der Waals surface area contributed by atoms with Crippen molar-refractivity contribution in [3.05, 3.63) is 29.5 Å². The van der Waals surface area contributed by atoms with Gasteiger partial charge in [0.1, 0.15) is 0 Å². The Morgan fingerprint density at radius 3 is 3.00 bits per heavy atom. The molecule has 0 saturated heterocycles. The minimum absolute atomic E-state index is 0.109. The summed E-state index contributed by atoms with van der Waals surface area (Å²) in [6, 6.07) is 6.02. The van der Waals surface area contributed by atoms with Crippen LogP contribution in [-0.2, 0) is 12.8 Å². The highest BCUT2D eigenvalue weighted by atomic mass is 16.5. The molecule has 0 atom stereocenters. The fourth-order valence-electron chi connectivity index (χ4n) is 1.63. The third-order valence-corrected chi connectivity index (χ3v) is 2.38. The van der Waals surface area contributed by atoms with E-state index in [1.54, 1.807) is 0 Å². The smallest absolute Gasteiger partial charge is 0.170 e. The lowest BCUT2D eigenvalue weighted by molar-refractivity contribution is 0.295. The Labute approximate surface area is 82.3 Å². The first kappa shape index (κ1) is 9.21. The van der Waals surface area contributed by atoms with Crippen molar-refractivity contribution in [3.8, 4) is 0 Å². The van der Waals surface area contributed by atoms with E-state index in [1.807, 2.05) is 18.2 Å². The van der Waals surface area contributed by atoms with Crippen LogP contribution in [0.3, 0.4) is 0 Å². The van der Waals surface area contributed by atoms with Crippen LogP contribution in [0.2, 0.25) is 0 Å². The zero-order valence-electron chi connectivity index (χ0n) is 8.16. The Bertz CT molecular complexity index is 434. The Hall–Kier alpha value is -1.35. The van der Waals surface area contributed by atoms with Gasteiger partial charge in [-0.05, 0) is 18.1 Å². The molecule has 0 saturated carbocycles. The van der Waals surface area contributed by atoms with E-state index in [-0.39, 0.29) is 6.61 Å². The molecule has 3 nitrogen and oxygen atoms in total. The summed E-state index contributed by atoms with van der Waals surface area (Å²) in [5.41, 5.74) is 2.87. The lowest BCUT2D eigenvalue weighted by Crippen LogP contribution is -1.90. The lowest BCUT2D eigenvalue weighted by Gasteiger charge is -1.95. The molecule has 2 rings (SSSR count). The Morgan fingerprint density at radius 2 is 2.29 bits per heavy atom. The van der Waals surface area contributed by atoms with Gasteiger partial charge in [-0.1, -0.05) is 24.2 Å². The molecule has 1 heterocycles. The van der Waals surface area contributed by atoms with Crippen molar-refractivity contribution in [2.24, 2.45) is 0 Å². The summed E-state index contributed by atoms with van der Waals surface area (Å²) in [6.45, 7) is 2.20. The van der Waals surface area contributed by atoms with Gasteiger partial charge in [0.15, 0.2) is 5.58 Å². The second kappa shape index (κ2) is 3.80. The molecule has 0 aliphatic carbocycles. The van der Waals surface area contributed by atoms with Crippen LogP contribution in [0.15, 0.2) is 22.7 Å². The van der Waals surface area contributed by atoms with Crippen LogP contribution in [0.25, 0.3) is 11.0 Å². The van der Waals surface area contributed by atoms with Crippen LogP contribution >= 0.6 is 0 Å². The number of aliphatic hydroxyl groups excluding tert-OH is 1. The predicted molar refractivity (Wildman–Crippen MR) is 54.2 cm³/mol. The van der Waals surface area contributed by atoms with Gasteiger partial charge < -0.3 is 9.63 Å². The van der Waals surface area contributed by atoms with E-state index in [2.05, 4.69) is 12.1 Å². The Kier molecular flexibility index (Phi) is 2.50. The molecular weight excluding hydrogens is 178 g/mol. The molecule has 0 spiro atoms. The first-order chi connectivity index (χ1) is 6.86. The molecule has 74 valence electrons. The van der Waals surface area contributed by atoms with E-state index >= 15 is 0 Å². The second-order valence-corrected chi connectivity index (χ2v) is 3.25. The van der Waals surface area contributed by atoms with E-state index in [1.165, 1.54) is 5.56 Å². The number of fused-ring (bicyclic) bond motifs is 1. The van der Waals surface area contributed by atoms with E-state index < -0.39 is 0 Å². The number of nitrogens with zero attached hydrogens (tertiary/aromatic N) is 1. The lowest BCUT2D eigenvalue weighted by atomic mass is 10.1.